The highest BCUT2D eigenvalue weighted by molar-refractivity contribution is 9.10. The summed E-state index contributed by atoms with van der Waals surface area (Å²) in [6, 6.07) is 8.32. The van der Waals surface area contributed by atoms with Gasteiger partial charge in [0.25, 0.3) is 0 Å². The van der Waals surface area contributed by atoms with Gasteiger partial charge in [-0.2, -0.15) is 0 Å². The lowest BCUT2D eigenvalue weighted by atomic mass is 10.1. The smallest absolute Gasteiger partial charge is 0.217 e. The Kier molecular flexibility index (Phi) is 7.90. The van der Waals surface area contributed by atoms with E-state index < -0.39 is 0 Å². The van der Waals surface area contributed by atoms with Gasteiger partial charge in [0.15, 0.2) is 0 Å². The normalized spacial score (nSPS) is 11.1. The van der Waals surface area contributed by atoms with E-state index in [0.29, 0.717) is 0 Å². The van der Waals surface area contributed by atoms with Crippen molar-refractivity contribution in [2.75, 3.05) is 0 Å². The van der Waals surface area contributed by atoms with Crippen molar-refractivity contribution in [3.8, 4) is 0 Å². The summed E-state index contributed by atoms with van der Waals surface area (Å²) in [5.41, 5.74) is 1.23. The highest BCUT2D eigenvalue weighted by Gasteiger charge is 2.03. The van der Waals surface area contributed by atoms with Crippen molar-refractivity contribution in [3.63, 3.8) is 0 Å². The van der Waals surface area contributed by atoms with Crippen molar-refractivity contribution < 1.29 is 4.79 Å². The lowest BCUT2D eigenvalue weighted by molar-refractivity contribution is -0.119. The molecule has 0 aromatic heterocycles. The topological polar surface area (TPSA) is 29.1 Å². The van der Waals surface area contributed by atoms with Gasteiger partial charge in [0, 0.05) is 17.4 Å². The summed E-state index contributed by atoms with van der Waals surface area (Å²) in [5, 5.41) is 2.86. The summed E-state index contributed by atoms with van der Waals surface area (Å²) in [6.07, 6.45) is 0.868. The molecule has 1 amide bonds. The minimum Gasteiger partial charge on any atom is -0.354 e. The van der Waals surface area contributed by atoms with Gasteiger partial charge >= 0.3 is 0 Å². The van der Waals surface area contributed by atoms with E-state index in [1.54, 1.807) is 0 Å². The monoisotopic (exact) mass is 285 g/mol. The Hall–Kier alpha value is -0.830. The molecule has 1 atom stereocenters. The van der Waals surface area contributed by atoms with Crippen LogP contribution in [0.2, 0.25) is 0 Å². The summed E-state index contributed by atoms with van der Waals surface area (Å²) in [4.78, 5) is 10.8. The Balaban J connectivity index is 0.00000106. The minimum atomic E-state index is 0.0228. The largest absolute Gasteiger partial charge is 0.354 e. The van der Waals surface area contributed by atoms with Crippen molar-refractivity contribution in [1.29, 1.82) is 0 Å². The second-order valence-corrected chi connectivity index (χ2v) is 4.35. The minimum absolute atomic E-state index is 0.0228. The number of carbonyl (C=O) groups excluding carboxylic acids is 1. The molecular weight excluding hydrogens is 266 g/mol. The Bertz CT molecular complexity index is 308. The molecule has 1 rings (SSSR count). The maximum atomic E-state index is 10.8. The third-order valence-electron chi connectivity index (χ3n) is 1.90. The van der Waals surface area contributed by atoms with Crippen LogP contribution in [-0.4, -0.2) is 11.9 Å². The van der Waals surface area contributed by atoms with Crippen LogP contribution in [0.25, 0.3) is 0 Å². The molecule has 0 aliphatic heterocycles. The molecule has 1 aromatic carbocycles. The number of hydrogen-bond acceptors (Lipinski definition) is 1. The first-order chi connectivity index (χ1) is 7.58. The summed E-state index contributed by atoms with van der Waals surface area (Å²) < 4.78 is 1.08. The molecule has 0 heterocycles. The lowest BCUT2D eigenvalue weighted by Crippen LogP contribution is -2.31. The lowest BCUT2D eigenvalue weighted by Gasteiger charge is -2.12. The zero-order chi connectivity index (χ0) is 12.6. The molecule has 1 aromatic rings. The van der Waals surface area contributed by atoms with Crippen LogP contribution in [0, 0.1) is 0 Å². The van der Waals surface area contributed by atoms with Crippen LogP contribution in [0.3, 0.4) is 0 Å². The van der Waals surface area contributed by atoms with E-state index in [4.69, 9.17) is 0 Å². The van der Waals surface area contributed by atoms with Gasteiger partial charge in [-0.15, -0.1) is 0 Å². The molecule has 0 saturated carbocycles. The van der Waals surface area contributed by atoms with Crippen LogP contribution < -0.4 is 5.32 Å². The number of hydrogen-bond donors (Lipinski definition) is 1. The van der Waals surface area contributed by atoms with Crippen molar-refractivity contribution in [3.05, 3.63) is 34.3 Å². The highest BCUT2D eigenvalue weighted by atomic mass is 79.9. The highest BCUT2D eigenvalue weighted by Crippen LogP contribution is 2.11. The number of halogens is 1. The van der Waals surface area contributed by atoms with Crippen LogP contribution in [0.1, 0.15) is 33.3 Å². The molecule has 0 saturated heterocycles. The van der Waals surface area contributed by atoms with E-state index >= 15 is 0 Å². The zero-order valence-electron chi connectivity index (χ0n) is 10.4. The van der Waals surface area contributed by atoms with Crippen molar-refractivity contribution in [2.45, 2.75) is 40.2 Å². The summed E-state index contributed by atoms with van der Waals surface area (Å²) >= 11 is 3.38. The zero-order valence-corrected chi connectivity index (χ0v) is 12.0. The number of rotatable bonds is 3. The maximum Gasteiger partial charge on any atom is 0.217 e. The fourth-order valence-electron chi connectivity index (χ4n) is 1.37. The Morgan fingerprint density at radius 3 is 2.25 bits per heavy atom. The van der Waals surface area contributed by atoms with Crippen LogP contribution in [0.5, 0.6) is 0 Å². The van der Waals surface area contributed by atoms with Crippen molar-refractivity contribution >= 4 is 21.8 Å². The van der Waals surface area contributed by atoms with Gasteiger partial charge in [-0.1, -0.05) is 41.9 Å². The van der Waals surface area contributed by atoms with Crippen molar-refractivity contribution in [2.24, 2.45) is 0 Å². The molecule has 0 spiro atoms. The molecule has 0 bridgehead atoms. The van der Waals surface area contributed by atoms with Gasteiger partial charge in [-0.25, -0.2) is 0 Å². The van der Waals surface area contributed by atoms with E-state index in [-0.39, 0.29) is 11.9 Å². The second-order valence-electron chi connectivity index (χ2n) is 3.43. The number of carbonyl (C=O) groups is 1. The molecule has 90 valence electrons. The molecule has 0 aliphatic rings. The van der Waals surface area contributed by atoms with Crippen molar-refractivity contribution in [1.82, 2.24) is 5.32 Å². The fraction of sp³-hybridized carbons (Fsp3) is 0.462. The first kappa shape index (κ1) is 15.2. The predicted molar refractivity (Wildman–Crippen MR) is 72.5 cm³/mol. The number of benzene rings is 1. The van der Waals surface area contributed by atoms with E-state index in [1.165, 1.54) is 12.5 Å². The van der Waals surface area contributed by atoms with Gasteiger partial charge < -0.3 is 5.32 Å². The van der Waals surface area contributed by atoms with E-state index in [9.17, 15) is 4.79 Å². The van der Waals surface area contributed by atoms with Gasteiger partial charge in [-0.05, 0) is 31.0 Å². The molecule has 0 aliphatic carbocycles. The van der Waals surface area contributed by atoms with Gasteiger partial charge in [0.2, 0.25) is 5.91 Å². The molecule has 16 heavy (non-hydrogen) atoms. The van der Waals surface area contributed by atoms with E-state index in [0.717, 1.165) is 10.9 Å². The molecule has 3 heteroatoms. The molecule has 0 radical (unpaired) electrons. The van der Waals surface area contributed by atoms with E-state index in [1.807, 2.05) is 32.9 Å². The maximum absolute atomic E-state index is 10.8. The summed E-state index contributed by atoms with van der Waals surface area (Å²) in [5.74, 6) is 0.0228. The Morgan fingerprint density at radius 1 is 1.31 bits per heavy atom. The first-order valence-electron chi connectivity index (χ1n) is 5.59. The fourth-order valence-corrected chi connectivity index (χ4v) is 1.64. The van der Waals surface area contributed by atoms with Gasteiger partial charge in [0.1, 0.15) is 0 Å². The van der Waals surface area contributed by atoms with Crippen LogP contribution in [0.4, 0.5) is 0 Å². The summed E-state index contributed by atoms with van der Waals surface area (Å²) in [7, 11) is 0. The SMILES string of the molecule is CC.CC(=O)NC(C)Cc1ccc(Br)cc1. The molecule has 1 N–H and O–H groups in total. The predicted octanol–water partition coefficient (Wildman–Crippen LogP) is 3.54. The third-order valence-corrected chi connectivity index (χ3v) is 2.43. The quantitative estimate of drug-likeness (QED) is 0.904. The Morgan fingerprint density at radius 2 is 1.81 bits per heavy atom. The molecule has 1 unspecified atom stereocenters. The first-order valence-corrected chi connectivity index (χ1v) is 6.39. The standard InChI is InChI=1S/C11H14BrNO.C2H6/c1-8(13-9(2)14)7-10-3-5-11(12)6-4-10;1-2/h3-6,8H,7H2,1-2H3,(H,13,14);1-2H3. The number of amides is 1. The van der Waals surface area contributed by atoms with Crippen LogP contribution in [0.15, 0.2) is 28.7 Å². The molecular formula is C13H20BrNO. The summed E-state index contributed by atoms with van der Waals surface area (Å²) in [6.45, 7) is 7.54. The molecule has 2 nitrogen and oxygen atoms in total. The Labute approximate surface area is 107 Å². The third kappa shape index (κ3) is 6.62. The average molecular weight is 286 g/mol. The van der Waals surface area contributed by atoms with Crippen LogP contribution >= 0.6 is 15.9 Å². The number of nitrogens with one attached hydrogen (secondary N) is 1. The van der Waals surface area contributed by atoms with Gasteiger partial charge in [0.05, 0.1) is 0 Å². The average Bonchev–Trinajstić information content (AvgIpc) is 2.23. The van der Waals surface area contributed by atoms with Crippen LogP contribution in [-0.2, 0) is 11.2 Å². The molecule has 0 fully saturated rings. The second kappa shape index (κ2) is 8.34. The van der Waals surface area contributed by atoms with E-state index in [2.05, 4.69) is 33.4 Å². The van der Waals surface area contributed by atoms with Gasteiger partial charge in [-0.3, -0.25) is 4.79 Å².